The highest BCUT2D eigenvalue weighted by Crippen LogP contribution is 2.37. The molecule has 0 radical (unpaired) electrons. The van der Waals surface area contributed by atoms with Gasteiger partial charge in [0, 0.05) is 43.2 Å². The Morgan fingerprint density at radius 2 is 2.00 bits per heavy atom. The van der Waals surface area contributed by atoms with Crippen LogP contribution < -0.4 is 10.2 Å². The van der Waals surface area contributed by atoms with Gasteiger partial charge in [-0.05, 0) is 30.9 Å². The van der Waals surface area contributed by atoms with Crippen molar-refractivity contribution < 1.29 is 26.7 Å². The Balaban J connectivity index is 2.21. The van der Waals surface area contributed by atoms with Crippen molar-refractivity contribution in [2.24, 2.45) is 0 Å². The van der Waals surface area contributed by atoms with Gasteiger partial charge in [0.15, 0.2) is 0 Å². The molecular weight excluding hydrogens is 439 g/mol. The predicted octanol–water partition coefficient (Wildman–Crippen LogP) is 5.18. The van der Waals surface area contributed by atoms with Gasteiger partial charge in [-0.3, -0.25) is 4.79 Å². The van der Waals surface area contributed by atoms with Crippen LogP contribution in [0, 0.1) is 6.92 Å². The summed E-state index contributed by atoms with van der Waals surface area (Å²) in [6, 6.07) is 2.96. The molecule has 0 saturated heterocycles. The lowest BCUT2D eigenvalue weighted by atomic mass is 10.0. The molecule has 0 aromatic carbocycles. The Morgan fingerprint density at radius 1 is 1.29 bits per heavy atom. The van der Waals surface area contributed by atoms with E-state index in [9.17, 15) is 26.7 Å². The third-order valence-corrected chi connectivity index (χ3v) is 5.62. The van der Waals surface area contributed by atoms with Gasteiger partial charge in [0.1, 0.15) is 5.82 Å². The average molecular weight is 458 g/mol. The van der Waals surface area contributed by atoms with Crippen molar-refractivity contribution in [3.63, 3.8) is 0 Å². The van der Waals surface area contributed by atoms with Crippen LogP contribution in [0.4, 0.5) is 33.5 Å². The summed E-state index contributed by atoms with van der Waals surface area (Å²) in [5.41, 5.74) is -1.93. The van der Waals surface area contributed by atoms with E-state index in [-0.39, 0.29) is 22.6 Å². The number of amides is 1. The van der Waals surface area contributed by atoms with Crippen molar-refractivity contribution in [1.29, 1.82) is 0 Å². The Kier molecular flexibility index (Phi) is 6.26. The molecule has 0 saturated carbocycles. The van der Waals surface area contributed by atoms with Crippen LogP contribution in [-0.4, -0.2) is 41.1 Å². The highest BCUT2D eigenvalue weighted by Gasteiger charge is 2.39. The smallest absolute Gasteiger partial charge is 0.365 e. The number of hydrogen-bond acceptors (Lipinski definition) is 5. The van der Waals surface area contributed by atoms with Crippen LogP contribution in [0.5, 0.6) is 0 Å². The normalized spacial score (nSPS) is 17.2. The molecule has 1 amide bonds. The van der Waals surface area contributed by atoms with Crippen LogP contribution in [0.15, 0.2) is 41.7 Å². The van der Waals surface area contributed by atoms with Crippen molar-refractivity contribution >= 4 is 29.2 Å². The molecule has 0 aliphatic carbocycles. The van der Waals surface area contributed by atoms with Crippen LogP contribution in [0.1, 0.15) is 27.9 Å². The summed E-state index contributed by atoms with van der Waals surface area (Å²) in [5.74, 6) is -4.36. The van der Waals surface area contributed by atoms with Crippen LogP contribution >= 0.6 is 11.8 Å². The fourth-order valence-corrected chi connectivity index (χ4v) is 3.60. The van der Waals surface area contributed by atoms with E-state index in [0.29, 0.717) is 11.2 Å². The number of anilines is 2. The first-order valence-electron chi connectivity index (χ1n) is 9.14. The quantitative estimate of drug-likeness (QED) is 0.382. The van der Waals surface area contributed by atoms with E-state index in [1.807, 2.05) is 0 Å². The van der Waals surface area contributed by atoms with Gasteiger partial charge in [-0.15, -0.1) is 11.8 Å². The van der Waals surface area contributed by atoms with E-state index in [1.165, 1.54) is 30.1 Å². The molecule has 3 rings (SSSR count). The zero-order chi connectivity index (χ0) is 23.0. The number of pyridine rings is 2. The van der Waals surface area contributed by atoms with E-state index >= 15 is 0 Å². The van der Waals surface area contributed by atoms with Crippen molar-refractivity contribution in [3.8, 4) is 0 Å². The van der Waals surface area contributed by atoms with Gasteiger partial charge in [0.2, 0.25) is 0 Å². The molecule has 166 valence electrons. The van der Waals surface area contributed by atoms with Crippen LogP contribution in [0.3, 0.4) is 0 Å². The molecule has 0 bridgehead atoms. The van der Waals surface area contributed by atoms with Crippen molar-refractivity contribution in [3.05, 3.63) is 53.4 Å². The maximum Gasteiger partial charge on any atom is 0.418 e. The average Bonchev–Trinajstić information content (AvgIpc) is 2.70. The summed E-state index contributed by atoms with van der Waals surface area (Å²) in [5, 5.41) is 3.08. The van der Waals surface area contributed by atoms with Crippen molar-refractivity contribution in [2.75, 3.05) is 29.6 Å². The van der Waals surface area contributed by atoms with E-state index in [1.54, 1.807) is 6.26 Å². The standard InChI is InChI=1S/C20H19F5N4OS/c1-11-9-27-17-16(12(2)14(10-28-17)20(23,24)25)18(30)29(7-5-19(11,21)22)13-4-6-26-15(8-13)31-3/h4,6,8,10H,1,5,7,9H2,2-3H3,(H,27,28). The number of rotatable bonds is 2. The van der Waals surface area contributed by atoms with Gasteiger partial charge < -0.3 is 10.2 Å². The van der Waals surface area contributed by atoms with E-state index < -0.39 is 48.7 Å². The van der Waals surface area contributed by atoms with Gasteiger partial charge in [0.05, 0.1) is 16.2 Å². The number of nitrogens with zero attached hydrogens (tertiary/aromatic N) is 3. The summed E-state index contributed by atoms with van der Waals surface area (Å²) in [6.07, 6.45) is -1.73. The van der Waals surface area contributed by atoms with Gasteiger partial charge in [-0.2, -0.15) is 13.2 Å². The number of carbonyl (C=O) groups excluding carboxylic acids is 1. The molecular formula is C20H19F5N4OS. The first kappa shape index (κ1) is 23.0. The van der Waals surface area contributed by atoms with Gasteiger partial charge >= 0.3 is 6.18 Å². The number of fused-ring (bicyclic) bond motifs is 1. The number of alkyl halides is 5. The van der Waals surface area contributed by atoms with Crippen LogP contribution in [0.2, 0.25) is 0 Å². The van der Waals surface area contributed by atoms with Crippen LogP contribution in [0.25, 0.3) is 0 Å². The molecule has 1 aliphatic heterocycles. The fourth-order valence-electron chi connectivity index (χ4n) is 3.19. The lowest BCUT2D eigenvalue weighted by Gasteiger charge is -2.30. The van der Waals surface area contributed by atoms with Crippen molar-refractivity contribution in [1.82, 2.24) is 9.97 Å². The van der Waals surface area contributed by atoms with Gasteiger partial charge in [0.25, 0.3) is 11.8 Å². The molecule has 2 aromatic rings. The first-order chi connectivity index (χ1) is 14.5. The van der Waals surface area contributed by atoms with Gasteiger partial charge in [-0.1, -0.05) is 6.58 Å². The molecule has 1 aliphatic rings. The van der Waals surface area contributed by atoms with E-state index in [4.69, 9.17) is 0 Å². The lowest BCUT2D eigenvalue weighted by molar-refractivity contribution is -0.138. The molecule has 0 atom stereocenters. The Labute approximate surface area is 179 Å². The fraction of sp³-hybridized carbons (Fsp3) is 0.350. The number of carbonyl (C=O) groups is 1. The van der Waals surface area contributed by atoms with Gasteiger partial charge in [-0.25, -0.2) is 18.7 Å². The van der Waals surface area contributed by atoms with Crippen LogP contribution in [-0.2, 0) is 6.18 Å². The summed E-state index contributed by atoms with van der Waals surface area (Å²) in [4.78, 5) is 22.3. The highest BCUT2D eigenvalue weighted by molar-refractivity contribution is 7.98. The Morgan fingerprint density at radius 3 is 2.65 bits per heavy atom. The second kappa shape index (κ2) is 8.45. The second-order valence-corrected chi connectivity index (χ2v) is 7.77. The zero-order valence-electron chi connectivity index (χ0n) is 16.7. The minimum Gasteiger partial charge on any atom is -0.365 e. The molecule has 1 N–H and O–H groups in total. The molecule has 3 heterocycles. The maximum absolute atomic E-state index is 14.5. The molecule has 31 heavy (non-hydrogen) atoms. The predicted molar refractivity (Wildman–Crippen MR) is 109 cm³/mol. The number of halogens is 5. The molecule has 0 unspecified atom stereocenters. The maximum atomic E-state index is 14.5. The monoisotopic (exact) mass is 458 g/mol. The zero-order valence-corrected chi connectivity index (χ0v) is 17.5. The number of nitrogens with one attached hydrogen (secondary N) is 1. The molecule has 0 spiro atoms. The molecule has 11 heteroatoms. The number of hydrogen-bond donors (Lipinski definition) is 1. The molecule has 2 aromatic heterocycles. The highest BCUT2D eigenvalue weighted by atomic mass is 32.2. The van der Waals surface area contributed by atoms with Crippen molar-refractivity contribution in [2.45, 2.75) is 30.5 Å². The second-order valence-electron chi connectivity index (χ2n) is 6.94. The lowest BCUT2D eigenvalue weighted by Crippen LogP contribution is -2.39. The number of thioether (sulfide) groups is 1. The third-order valence-electron chi connectivity index (χ3n) is 4.98. The topological polar surface area (TPSA) is 58.1 Å². The first-order valence-corrected chi connectivity index (χ1v) is 10.4. The van der Waals surface area contributed by atoms with E-state index in [0.717, 1.165) is 11.8 Å². The summed E-state index contributed by atoms with van der Waals surface area (Å²) < 4.78 is 69.4. The largest absolute Gasteiger partial charge is 0.418 e. The molecule has 0 fully saturated rings. The molecule has 5 nitrogen and oxygen atoms in total. The summed E-state index contributed by atoms with van der Waals surface area (Å²) in [7, 11) is 0. The minimum absolute atomic E-state index is 0.210. The summed E-state index contributed by atoms with van der Waals surface area (Å²) >= 11 is 1.27. The third kappa shape index (κ3) is 4.65. The summed E-state index contributed by atoms with van der Waals surface area (Å²) in [6.45, 7) is 3.70. The number of aromatic nitrogens is 2. The minimum atomic E-state index is -4.73. The van der Waals surface area contributed by atoms with E-state index in [2.05, 4.69) is 21.9 Å². The Bertz CT molecular complexity index is 1030. The SMILES string of the molecule is C=C1CNc2ncc(C(F)(F)F)c(C)c2C(=O)N(c2ccnc(SC)c2)CCC1(F)F. The Hall–Kier alpha value is -2.69.